The van der Waals surface area contributed by atoms with Gasteiger partial charge in [0, 0.05) is 10.6 Å². The van der Waals surface area contributed by atoms with E-state index in [0.717, 1.165) is 24.3 Å². The van der Waals surface area contributed by atoms with Crippen molar-refractivity contribution in [1.82, 2.24) is 0 Å². The van der Waals surface area contributed by atoms with Crippen LogP contribution in [0, 0.1) is 0 Å². The molecule has 0 heterocycles. The lowest BCUT2D eigenvalue weighted by molar-refractivity contribution is 0.439. The fraction of sp³-hybridized carbons (Fsp3) is 0.250. The number of hydrogen-bond acceptors (Lipinski definition) is 1. The van der Waals surface area contributed by atoms with Crippen molar-refractivity contribution in [2.24, 2.45) is 5.73 Å². The summed E-state index contributed by atoms with van der Waals surface area (Å²) in [6, 6.07) is 16.5. The lowest BCUT2D eigenvalue weighted by Crippen LogP contribution is -2.36. The summed E-state index contributed by atoms with van der Waals surface area (Å²) in [6.45, 7) is 0. The first-order valence-corrected chi connectivity index (χ1v) is 6.67. The van der Waals surface area contributed by atoms with Gasteiger partial charge in [-0.05, 0) is 48.1 Å². The molecule has 1 aliphatic carbocycles. The number of aryl methyl sites for hydroxylation is 1. The summed E-state index contributed by atoms with van der Waals surface area (Å²) < 4.78 is 0. The first kappa shape index (κ1) is 11.8. The van der Waals surface area contributed by atoms with E-state index in [1.165, 1.54) is 16.7 Å². The van der Waals surface area contributed by atoms with Crippen LogP contribution in [0.2, 0.25) is 5.02 Å². The van der Waals surface area contributed by atoms with Gasteiger partial charge >= 0.3 is 0 Å². The molecule has 1 unspecified atom stereocenters. The molecule has 0 saturated heterocycles. The van der Waals surface area contributed by atoms with Gasteiger partial charge in [0.1, 0.15) is 0 Å². The normalized spacial score (nSPS) is 21.9. The average Bonchev–Trinajstić information content (AvgIpc) is 2.68. The van der Waals surface area contributed by atoms with Crippen LogP contribution < -0.4 is 5.73 Å². The van der Waals surface area contributed by atoms with Crippen LogP contribution >= 0.6 is 11.6 Å². The Morgan fingerprint density at radius 3 is 2.78 bits per heavy atom. The lowest BCUT2D eigenvalue weighted by atomic mass is 9.86. The molecule has 1 atom stereocenters. The van der Waals surface area contributed by atoms with Gasteiger partial charge in [-0.2, -0.15) is 0 Å². The summed E-state index contributed by atoms with van der Waals surface area (Å²) in [5.74, 6) is 0. The van der Waals surface area contributed by atoms with Crippen LogP contribution in [-0.4, -0.2) is 0 Å². The molecule has 2 heteroatoms. The summed E-state index contributed by atoms with van der Waals surface area (Å²) in [5, 5.41) is 0.780. The second kappa shape index (κ2) is 4.42. The van der Waals surface area contributed by atoms with E-state index in [0.29, 0.717) is 0 Å². The van der Waals surface area contributed by atoms with E-state index in [-0.39, 0.29) is 5.54 Å². The summed E-state index contributed by atoms with van der Waals surface area (Å²) in [6.07, 6.45) is 2.94. The molecule has 1 nitrogen and oxygen atoms in total. The van der Waals surface area contributed by atoms with Gasteiger partial charge in [0.2, 0.25) is 0 Å². The minimum absolute atomic E-state index is 0.235. The zero-order valence-corrected chi connectivity index (χ0v) is 11.0. The number of hydrogen-bond donors (Lipinski definition) is 1. The van der Waals surface area contributed by atoms with E-state index in [2.05, 4.69) is 30.3 Å². The van der Waals surface area contributed by atoms with Crippen molar-refractivity contribution in [2.75, 3.05) is 0 Å². The summed E-state index contributed by atoms with van der Waals surface area (Å²) in [7, 11) is 0. The minimum atomic E-state index is -0.235. The Hall–Kier alpha value is -1.31. The Balaban J connectivity index is 1.94. The highest BCUT2D eigenvalue weighted by Crippen LogP contribution is 2.37. The van der Waals surface area contributed by atoms with Gasteiger partial charge in [-0.1, -0.05) is 48.0 Å². The molecule has 2 aromatic rings. The third kappa shape index (κ3) is 2.05. The molecule has 18 heavy (non-hydrogen) atoms. The van der Waals surface area contributed by atoms with E-state index in [4.69, 9.17) is 17.3 Å². The van der Waals surface area contributed by atoms with Crippen LogP contribution in [0.5, 0.6) is 0 Å². The van der Waals surface area contributed by atoms with Crippen LogP contribution in [-0.2, 0) is 18.4 Å². The number of fused-ring (bicyclic) bond motifs is 1. The van der Waals surface area contributed by atoms with Gasteiger partial charge in [-0.25, -0.2) is 0 Å². The molecule has 0 saturated carbocycles. The Kier molecular flexibility index (Phi) is 2.89. The number of halogens is 1. The van der Waals surface area contributed by atoms with Crippen LogP contribution in [0.1, 0.15) is 23.1 Å². The summed E-state index contributed by atoms with van der Waals surface area (Å²) in [4.78, 5) is 0. The third-order valence-corrected chi connectivity index (χ3v) is 4.04. The summed E-state index contributed by atoms with van der Waals surface area (Å²) >= 11 is 6.04. The molecule has 0 aromatic heterocycles. The second-order valence-corrected chi connectivity index (χ2v) is 5.56. The predicted molar refractivity (Wildman–Crippen MR) is 75.8 cm³/mol. The largest absolute Gasteiger partial charge is 0.321 e. The van der Waals surface area contributed by atoms with E-state index < -0.39 is 0 Å². The maximum absolute atomic E-state index is 6.61. The van der Waals surface area contributed by atoms with Gasteiger partial charge in [0.15, 0.2) is 0 Å². The number of rotatable bonds is 2. The van der Waals surface area contributed by atoms with E-state index in [1.54, 1.807) is 0 Å². The standard InChI is InChI=1S/C16H16ClN/c17-14-6-3-4-12(10-14)11-16(18)9-8-13-5-1-2-7-15(13)16/h1-7,10H,8-9,11,18H2. The van der Waals surface area contributed by atoms with Crippen molar-refractivity contribution in [1.29, 1.82) is 0 Å². The monoisotopic (exact) mass is 257 g/mol. The van der Waals surface area contributed by atoms with Crippen molar-refractivity contribution >= 4 is 11.6 Å². The molecular weight excluding hydrogens is 242 g/mol. The fourth-order valence-electron chi connectivity index (χ4n) is 2.91. The molecule has 0 fully saturated rings. The summed E-state index contributed by atoms with van der Waals surface area (Å²) in [5.41, 5.74) is 10.3. The fourth-order valence-corrected chi connectivity index (χ4v) is 3.12. The molecule has 2 N–H and O–H groups in total. The Morgan fingerprint density at radius 1 is 1.11 bits per heavy atom. The van der Waals surface area contributed by atoms with E-state index >= 15 is 0 Å². The molecule has 0 bridgehead atoms. The SMILES string of the molecule is NC1(Cc2cccc(Cl)c2)CCc2ccccc21. The van der Waals surface area contributed by atoms with Gasteiger partial charge < -0.3 is 5.73 Å². The topological polar surface area (TPSA) is 26.0 Å². The maximum Gasteiger partial charge on any atom is 0.0456 e. The molecule has 92 valence electrons. The molecule has 0 radical (unpaired) electrons. The van der Waals surface area contributed by atoms with Crippen LogP contribution in [0.3, 0.4) is 0 Å². The van der Waals surface area contributed by atoms with Crippen LogP contribution in [0.4, 0.5) is 0 Å². The van der Waals surface area contributed by atoms with Crippen molar-refractivity contribution in [3.05, 3.63) is 70.2 Å². The zero-order valence-electron chi connectivity index (χ0n) is 10.2. The van der Waals surface area contributed by atoms with E-state index in [9.17, 15) is 0 Å². The Morgan fingerprint density at radius 2 is 1.94 bits per heavy atom. The molecule has 3 rings (SSSR count). The molecule has 0 aliphatic heterocycles. The van der Waals surface area contributed by atoms with E-state index in [1.807, 2.05) is 18.2 Å². The van der Waals surface area contributed by atoms with Crippen LogP contribution in [0.25, 0.3) is 0 Å². The first-order chi connectivity index (χ1) is 8.67. The zero-order chi connectivity index (χ0) is 12.6. The molecule has 2 aromatic carbocycles. The first-order valence-electron chi connectivity index (χ1n) is 6.29. The highest BCUT2D eigenvalue weighted by Gasteiger charge is 2.34. The quantitative estimate of drug-likeness (QED) is 0.873. The van der Waals surface area contributed by atoms with Gasteiger partial charge in [-0.15, -0.1) is 0 Å². The lowest BCUT2D eigenvalue weighted by Gasteiger charge is -2.25. The van der Waals surface area contributed by atoms with Gasteiger partial charge in [0.05, 0.1) is 0 Å². The van der Waals surface area contributed by atoms with Gasteiger partial charge in [0.25, 0.3) is 0 Å². The maximum atomic E-state index is 6.61. The van der Waals surface area contributed by atoms with Crippen molar-refractivity contribution in [3.63, 3.8) is 0 Å². The highest BCUT2D eigenvalue weighted by atomic mass is 35.5. The number of benzene rings is 2. The predicted octanol–water partition coefficient (Wildman–Crippen LogP) is 3.68. The molecular formula is C16H16ClN. The Labute approximate surface area is 113 Å². The van der Waals surface area contributed by atoms with Gasteiger partial charge in [-0.3, -0.25) is 0 Å². The Bertz CT molecular complexity index is 579. The van der Waals surface area contributed by atoms with Crippen molar-refractivity contribution < 1.29 is 0 Å². The molecule has 0 amide bonds. The minimum Gasteiger partial charge on any atom is -0.321 e. The average molecular weight is 258 g/mol. The smallest absolute Gasteiger partial charge is 0.0456 e. The van der Waals surface area contributed by atoms with Crippen molar-refractivity contribution in [3.8, 4) is 0 Å². The molecule has 0 spiro atoms. The highest BCUT2D eigenvalue weighted by molar-refractivity contribution is 6.30. The van der Waals surface area contributed by atoms with Crippen molar-refractivity contribution in [2.45, 2.75) is 24.8 Å². The second-order valence-electron chi connectivity index (χ2n) is 5.12. The molecule has 1 aliphatic rings. The number of nitrogens with two attached hydrogens (primary N) is 1. The van der Waals surface area contributed by atoms with Crippen LogP contribution in [0.15, 0.2) is 48.5 Å². The third-order valence-electron chi connectivity index (χ3n) is 3.80.